The fourth-order valence-electron chi connectivity index (χ4n) is 3.97. The summed E-state index contributed by atoms with van der Waals surface area (Å²) in [5, 5.41) is 5.85. The highest BCUT2D eigenvalue weighted by Crippen LogP contribution is 2.35. The predicted octanol–water partition coefficient (Wildman–Crippen LogP) is 3.31. The van der Waals surface area contributed by atoms with Gasteiger partial charge in [-0.25, -0.2) is 4.79 Å². The number of carbonyl (C=O) groups is 2. The number of nitrogens with one attached hydrogen (secondary N) is 2. The molecule has 0 saturated carbocycles. The first-order chi connectivity index (χ1) is 13.9. The van der Waals surface area contributed by atoms with E-state index < -0.39 is 0 Å². The van der Waals surface area contributed by atoms with E-state index in [9.17, 15) is 9.59 Å². The Morgan fingerprint density at radius 3 is 2.45 bits per heavy atom. The van der Waals surface area contributed by atoms with Crippen LogP contribution in [-0.4, -0.2) is 37.7 Å². The lowest BCUT2D eigenvalue weighted by Gasteiger charge is -2.22. The summed E-state index contributed by atoms with van der Waals surface area (Å²) in [6.45, 7) is 7.40. The number of ether oxygens (including phenoxy) is 2. The van der Waals surface area contributed by atoms with Crippen LogP contribution < -0.4 is 25.0 Å². The van der Waals surface area contributed by atoms with Crippen molar-refractivity contribution in [1.82, 2.24) is 5.32 Å². The summed E-state index contributed by atoms with van der Waals surface area (Å²) < 4.78 is 11.1. The molecule has 1 unspecified atom stereocenters. The molecule has 2 aromatic carbocycles. The van der Waals surface area contributed by atoms with Gasteiger partial charge >= 0.3 is 6.03 Å². The Labute approximate surface area is 170 Å². The second-order valence-corrected chi connectivity index (χ2v) is 7.61. The molecule has 2 aliphatic rings. The minimum Gasteiger partial charge on any atom is -0.486 e. The SMILES string of the molecule is Cc1cc(C)c(NC(=O)NC2CC(=O)N(c3ccc4c(c3)OCCO4)C2)c(C)c1. The highest BCUT2D eigenvalue weighted by atomic mass is 16.6. The van der Waals surface area contributed by atoms with Crippen molar-refractivity contribution in [2.45, 2.75) is 33.2 Å². The Morgan fingerprint density at radius 1 is 1.03 bits per heavy atom. The summed E-state index contributed by atoms with van der Waals surface area (Å²) in [6.07, 6.45) is 0.258. The van der Waals surface area contributed by atoms with Gasteiger partial charge in [-0.05, 0) is 44.0 Å². The molecule has 2 heterocycles. The molecular weight excluding hydrogens is 370 g/mol. The van der Waals surface area contributed by atoms with E-state index >= 15 is 0 Å². The quantitative estimate of drug-likeness (QED) is 0.836. The van der Waals surface area contributed by atoms with E-state index in [0.717, 1.165) is 28.1 Å². The number of carbonyl (C=O) groups excluding carboxylic acids is 2. The first-order valence-corrected chi connectivity index (χ1v) is 9.76. The average molecular weight is 395 g/mol. The van der Waals surface area contributed by atoms with Gasteiger partial charge in [0.05, 0.1) is 6.04 Å². The van der Waals surface area contributed by atoms with Crippen LogP contribution in [0.3, 0.4) is 0 Å². The zero-order valence-electron chi connectivity index (χ0n) is 16.9. The van der Waals surface area contributed by atoms with E-state index in [1.54, 1.807) is 4.90 Å². The molecule has 29 heavy (non-hydrogen) atoms. The van der Waals surface area contributed by atoms with Crippen molar-refractivity contribution >= 4 is 23.3 Å². The van der Waals surface area contributed by atoms with Crippen LogP contribution in [0.15, 0.2) is 30.3 Å². The lowest BCUT2D eigenvalue weighted by atomic mass is 10.1. The van der Waals surface area contributed by atoms with E-state index in [1.165, 1.54) is 0 Å². The third kappa shape index (κ3) is 3.99. The molecule has 7 nitrogen and oxygen atoms in total. The number of fused-ring (bicyclic) bond motifs is 1. The molecule has 0 spiro atoms. The van der Waals surface area contributed by atoms with E-state index in [-0.39, 0.29) is 24.4 Å². The molecule has 0 radical (unpaired) electrons. The lowest BCUT2D eigenvalue weighted by molar-refractivity contribution is -0.117. The topological polar surface area (TPSA) is 79.9 Å². The number of amides is 3. The Bertz CT molecular complexity index is 950. The van der Waals surface area contributed by atoms with Crippen LogP contribution >= 0.6 is 0 Å². The highest BCUT2D eigenvalue weighted by Gasteiger charge is 2.32. The van der Waals surface area contributed by atoms with Gasteiger partial charge < -0.3 is 25.0 Å². The van der Waals surface area contributed by atoms with Gasteiger partial charge in [0, 0.05) is 30.4 Å². The molecule has 2 aromatic rings. The first-order valence-electron chi connectivity index (χ1n) is 9.76. The number of hydrogen-bond acceptors (Lipinski definition) is 4. The van der Waals surface area contributed by atoms with Crippen molar-refractivity contribution in [3.8, 4) is 11.5 Å². The summed E-state index contributed by atoms with van der Waals surface area (Å²) in [4.78, 5) is 26.7. The third-order valence-electron chi connectivity index (χ3n) is 5.21. The van der Waals surface area contributed by atoms with Gasteiger partial charge in [-0.3, -0.25) is 4.79 Å². The number of nitrogens with zero attached hydrogens (tertiary/aromatic N) is 1. The van der Waals surface area contributed by atoms with Crippen LogP contribution in [0.5, 0.6) is 11.5 Å². The number of benzene rings is 2. The zero-order chi connectivity index (χ0) is 20.5. The van der Waals surface area contributed by atoms with Gasteiger partial charge in [-0.1, -0.05) is 17.7 Å². The molecule has 1 fully saturated rings. The van der Waals surface area contributed by atoms with E-state index in [2.05, 4.69) is 10.6 Å². The summed E-state index contributed by atoms with van der Waals surface area (Å²) >= 11 is 0. The van der Waals surface area contributed by atoms with Crippen molar-refractivity contribution in [2.24, 2.45) is 0 Å². The molecule has 1 atom stereocenters. The average Bonchev–Trinajstić information content (AvgIpc) is 3.04. The van der Waals surface area contributed by atoms with E-state index in [1.807, 2.05) is 51.1 Å². The molecule has 7 heteroatoms. The zero-order valence-corrected chi connectivity index (χ0v) is 16.9. The van der Waals surface area contributed by atoms with Crippen LogP contribution in [0.4, 0.5) is 16.2 Å². The standard InChI is InChI=1S/C22H25N3O4/c1-13-8-14(2)21(15(3)9-13)24-22(27)23-16-10-20(26)25(12-16)17-4-5-18-19(11-17)29-7-6-28-18/h4-5,8-9,11,16H,6-7,10,12H2,1-3H3,(H2,23,24,27). The Hall–Kier alpha value is -3.22. The molecule has 1 saturated heterocycles. The van der Waals surface area contributed by atoms with Crippen LogP contribution in [0.1, 0.15) is 23.1 Å². The second-order valence-electron chi connectivity index (χ2n) is 7.61. The minimum atomic E-state index is -0.304. The fraction of sp³-hybridized carbons (Fsp3) is 0.364. The first kappa shape index (κ1) is 19.1. The number of rotatable bonds is 3. The molecule has 152 valence electrons. The normalized spacial score (nSPS) is 18.0. The van der Waals surface area contributed by atoms with Crippen molar-refractivity contribution in [2.75, 3.05) is 30.0 Å². The fourth-order valence-corrected chi connectivity index (χ4v) is 3.97. The summed E-state index contributed by atoms with van der Waals surface area (Å²) in [7, 11) is 0. The molecule has 3 amide bonds. The van der Waals surface area contributed by atoms with Crippen LogP contribution in [-0.2, 0) is 4.79 Å². The molecule has 2 N–H and O–H groups in total. The van der Waals surface area contributed by atoms with Crippen molar-refractivity contribution < 1.29 is 19.1 Å². The summed E-state index contributed by atoms with van der Waals surface area (Å²) in [6, 6.07) is 8.97. The maximum Gasteiger partial charge on any atom is 0.319 e. The number of hydrogen-bond donors (Lipinski definition) is 2. The van der Waals surface area contributed by atoms with Gasteiger partial charge in [0.2, 0.25) is 5.91 Å². The largest absolute Gasteiger partial charge is 0.486 e. The molecule has 0 aromatic heterocycles. The summed E-state index contributed by atoms with van der Waals surface area (Å²) in [5.41, 5.74) is 4.73. The van der Waals surface area contributed by atoms with Gasteiger partial charge in [0.1, 0.15) is 13.2 Å². The van der Waals surface area contributed by atoms with Crippen molar-refractivity contribution in [3.05, 3.63) is 47.0 Å². The number of anilines is 2. The van der Waals surface area contributed by atoms with Crippen LogP contribution in [0.25, 0.3) is 0 Å². The predicted molar refractivity (Wildman–Crippen MR) is 111 cm³/mol. The van der Waals surface area contributed by atoms with Gasteiger partial charge in [-0.15, -0.1) is 0 Å². The molecule has 0 aliphatic carbocycles. The maximum absolute atomic E-state index is 12.5. The van der Waals surface area contributed by atoms with Crippen molar-refractivity contribution in [3.63, 3.8) is 0 Å². The second kappa shape index (κ2) is 7.66. The Morgan fingerprint density at radius 2 is 1.72 bits per heavy atom. The van der Waals surface area contributed by atoms with E-state index in [0.29, 0.717) is 31.3 Å². The summed E-state index contributed by atoms with van der Waals surface area (Å²) in [5.74, 6) is 1.29. The van der Waals surface area contributed by atoms with Crippen molar-refractivity contribution in [1.29, 1.82) is 0 Å². The van der Waals surface area contributed by atoms with Gasteiger partial charge in [0.15, 0.2) is 11.5 Å². The van der Waals surface area contributed by atoms with Gasteiger partial charge in [0.25, 0.3) is 0 Å². The lowest BCUT2D eigenvalue weighted by Crippen LogP contribution is -2.40. The third-order valence-corrected chi connectivity index (χ3v) is 5.21. The maximum atomic E-state index is 12.5. The highest BCUT2D eigenvalue weighted by molar-refractivity contribution is 5.98. The monoisotopic (exact) mass is 395 g/mol. The number of urea groups is 1. The van der Waals surface area contributed by atoms with Crippen LogP contribution in [0, 0.1) is 20.8 Å². The molecular formula is C22H25N3O4. The molecule has 0 bridgehead atoms. The van der Waals surface area contributed by atoms with Gasteiger partial charge in [-0.2, -0.15) is 0 Å². The molecule has 2 aliphatic heterocycles. The smallest absolute Gasteiger partial charge is 0.319 e. The Kier molecular flexibility index (Phi) is 5.05. The Balaban J connectivity index is 1.41. The van der Waals surface area contributed by atoms with E-state index in [4.69, 9.17) is 9.47 Å². The minimum absolute atomic E-state index is 0.0327. The van der Waals surface area contributed by atoms with Crippen LogP contribution in [0.2, 0.25) is 0 Å². The number of aryl methyl sites for hydroxylation is 3. The molecule has 4 rings (SSSR count).